The van der Waals surface area contributed by atoms with E-state index in [1.807, 2.05) is 6.07 Å². The third-order valence-corrected chi connectivity index (χ3v) is 3.89. The Balaban J connectivity index is 1.91. The molecule has 0 unspecified atom stereocenters. The second-order valence-electron chi connectivity index (χ2n) is 4.97. The molecule has 1 aromatic rings. The lowest BCUT2D eigenvalue weighted by Crippen LogP contribution is -2.17. The summed E-state index contributed by atoms with van der Waals surface area (Å²) < 4.78 is 0. The van der Waals surface area contributed by atoms with Gasteiger partial charge in [-0.3, -0.25) is 4.79 Å². The predicted molar refractivity (Wildman–Crippen MR) is 64.9 cm³/mol. The first kappa shape index (κ1) is 9.83. The zero-order chi connectivity index (χ0) is 11.0. The minimum atomic E-state index is 0.470. The topological polar surface area (TPSA) is 17.1 Å². The smallest absolute Gasteiger partial charge is 0.134 e. The summed E-state index contributed by atoms with van der Waals surface area (Å²) >= 11 is 0. The van der Waals surface area contributed by atoms with Crippen LogP contribution in [0.5, 0.6) is 0 Å². The van der Waals surface area contributed by atoms with Gasteiger partial charge < -0.3 is 0 Å². The van der Waals surface area contributed by atoms with Crippen LogP contribution < -0.4 is 0 Å². The normalized spacial score (nSPS) is 31.0. The van der Waals surface area contributed by atoms with Crippen LogP contribution in [0.1, 0.15) is 31.2 Å². The summed E-state index contributed by atoms with van der Waals surface area (Å²) in [5, 5.41) is 0. The summed E-state index contributed by atoms with van der Waals surface area (Å²) in [7, 11) is 0. The molecule has 2 aliphatic rings. The molecule has 1 heteroatoms. The van der Waals surface area contributed by atoms with Crippen molar-refractivity contribution < 1.29 is 4.79 Å². The quantitative estimate of drug-likeness (QED) is 0.696. The van der Waals surface area contributed by atoms with Gasteiger partial charge in [0.2, 0.25) is 0 Å². The Kier molecular flexibility index (Phi) is 2.39. The van der Waals surface area contributed by atoms with Crippen molar-refractivity contribution in [3.05, 3.63) is 41.5 Å². The molecule has 0 N–H and O–H groups in total. The van der Waals surface area contributed by atoms with Crippen LogP contribution in [-0.4, -0.2) is 5.78 Å². The lowest BCUT2D eigenvalue weighted by Gasteiger charge is -2.22. The average molecular weight is 212 g/mol. The number of hydrogen-bond acceptors (Lipinski definition) is 1. The summed E-state index contributed by atoms with van der Waals surface area (Å²) in [6.45, 7) is 0. The van der Waals surface area contributed by atoms with E-state index in [2.05, 4.69) is 30.3 Å². The van der Waals surface area contributed by atoms with E-state index >= 15 is 0 Å². The molecular formula is C15H16O. The maximum Gasteiger partial charge on any atom is 0.134 e. The maximum absolute atomic E-state index is 11.5. The van der Waals surface area contributed by atoms with E-state index < -0.39 is 0 Å². The van der Waals surface area contributed by atoms with Gasteiger partial charge in [0.25, 0.3) is 0 Å². The predicted octanol–water partition coefficient (Wildman–Crippen LogP) is 3.46. The van der Waals surface area contributed by atoms with Crippen LogP contribution in [0.15, 0.2) is 35.9 Å². The van der Waals surface area contributed by atoms with Gasteiger partial charge in [-0.25, -0.2) is 0 Å². The van der Waals surface area contributed by atoms with Gasteiger partial charge in [0.15, 0.2) is 0 Å². The first-order chi connectivity index (χ1) is 7.83. The molecule has 2 fully saturated rings. The highest BCUT2D eigenvalue weighted by molar-refractivity contribution is 5.82. The molecular weight excluding hydrogens is 196 g/mol. The SMILES string of the molecule is O=C1C[C@H]2CC[C@@H](C1)C2=Cc1ccccc1. The first-order valence-corrected chi connectivity index (χ1v) is 6.11. The molecule has 2 aliphatic carbocycles. The minimum absolute atomic E-state index is 0.470. The summed E-state index contributed by atoms with van der Waals surface area (Å²) in [6.07, 6.45) is 6.32. The Morgan fingerprint density at radius 2 is 1.62 bits per heavy atom. The number of rotatable bonds is 1. The van der Waals surface area contributed by atoms with E-state index in [-0.39, 0.29) is 0 Å². The molecule has 1 nitrogen and oxygen atoms in total. The molecule has 0 spiro atoms. The lowest BCUT2D eigenvalue weighted by molar-refractivity contribution is -0.120. The molecule has 0 heterocycles. The number of ketones is 1. The molecule has 0 aliphatic heterocycles. The fourth-order valence-corrected chi connectivity index (χ4v) is 3.12. The van der Waals surface area contributed by atoms with Crippen LogP contribution in [0.4, 0.5) is 0 Å². The third kappa shape index (κ3) is 1.71. The van der Waals surface area contributed by atoms with Crippen molar-refractivity contribution in [3.63, 3.8) is 0 Å². The monoisotopic (exact) mass is 212 g/mol. The van der Waals surface area contributed by atoms with Gasteiger partial charge in [0.1, 0.15) is 5.78 Å². The van der Waals surface area contributed by atoms with Crippen LogP contribution in [-0.2, 0) is 4.79 Å². The van der Waals surface area contributed by atoms with Gasteiger partial charge in [0, 0.05) is 12.8 Å². The van der Waals surface area contributed by atoms with Crippen LogP contribution in [0.25, 0.3) is 6.08 Å². The van der Waals surface area contributed by atoms with Gasteiger partial charge in [-0.1, -0.05) is 42.0 Å². The van der Waals surface area contributed by atoms with E-state index in [1.54, 1.807) is 0 Å². The molecule has 0 saturated heterocycles. The Morgan fingerprint density at radius 1 is 1.00 bits per heavy atom. The molecule has 2 saturated carbocycles. The van der Waals surface area contributed by atoms with Crippen molar-refractivity contribution in [2.75, 3.05) is 0 Å². The number of carbonyl (C=O) groups excluding carboxylic acids is 1. The number of allylic oxidation sites excluding steroid dienone is 1. The number of hydrogen-bond donors (Lipinski definition) is 0. The second-order valence-corrected chi connectivity index (χ2v) is 4.97. The van der Waals surface area contributed by atoms with Crippen LogP contribution in [0.2, 0.25) is 0 Å². The van der Waals surface area contributed by atoms with E-state index in [0.717, 1.165) is 12.8 Å². The summed E-state index contributed by atoms with van der Waals surface area (Å²) in [5.41, 5.74) is 2.81. The van der Waals surface area contributed by atoms with Crippen molar-refractivity contribution in [1.82, 2.24) is 0 Å². The fourth-order valence-electron chi connectivity index (χ4n) is 3.12. The standard InChI is InChI=1S/C15H16O/c16-14-9-12-6-7-13(10-14)15(12)8-11-4-2-1-3-5-11/h1-5,8,12-13H,6-7,9-10H2/t12-,13+. The molecule has 0 amide bonds. The highest BCUT2D eigenvalue weighted by Gasteiger charge is 2.37. The molecule has 3 rings (SSSR count). The van der Waals surface area contributed by atoms with E-state index in [4.69, 9.17) is 0 Å². The van der Waals surface area contributed by atoms with Crippen molar-refractivity contribution in [3.8, 4) is 0 Å². The van der Waals surface area contributed by atoms with Gasteiger partial charge >= 0.3 is 0 Å². The zero-order valence-corrected chi connectivity index (χ0v) is 9.36. The fraction of sp³-hybridized carbons (Fsp3) is 0.400. The van der Waals surface area contributed by atoms with Gasteiger partial charge in [-0.2, -0.15) is 0 Å². The number of carbonyl (C=O) groups is 1. The molecule has 0 aromatic heterocycles. The lowest BCUT2D eigenvalue weighted by atomic mass is 9.82. The number of Topliss-reactive ketones (excluding diaryl/α,β-unsaturated/α-hetero) is 1. The van der Waals surface area contributed by atoms with Gasteiger partial charge in [-0.05, 0) is 30.2 Å². The molecule has 16 heavy (non-hydrogen) atoms. The maximum atomic E-state index is 11.5. The Morgan fingerprint density at radius 3 is 2.25 bits per heavy atom. The van der Waals surface area contributed by atoms with E-state index in [1.165, 1.54) is 24.0 Å². The molecule has 0 radical (unpaired) electrons. The highest BCUT2D eigenvalue weighted by Crippen LogP contribution is 2.45. The van der Waals surface area contributed by atoms with E-state index in [9.17, 15) is 4.79 Å². The number of fused-ring (bicyclic) bond motifs is 2. The van der Waals surface area contributed by atoms with E-state index in [0.29, 0.717) is 17.6 Å². The van der Waals surface area contributed by atoms with Gasteiger partial charge in [0.05, 0.1) is 0 Å². The van der Waals surface area contributed by atoms with Crippen LogP contribution in [0.3, 0.4) is 0 Å². The zero-order valence-electron chi connectivity index (χ0n) is 9.36. The Labute approximate surface area is 96.2 Å². The number of benzene rings is 1. The van der Waals surface area contributed by atoms with Crippen LogP contribution >= 0.6 is 0 Å². The Bertz CT molecular complexity index is 412. The molecule has 2 atom stereocenters. The molecule has 82 valence electrons. The largest absolute Gasteiger partial charge is 0.300 e. The van der Waals surface area contributed by atoms with Crippen molar-refractivity contribution >= 4 is 11.9 Å². The second kappa shape index (κ2) is 3.89. The molecule has 1 aromatic carbocycles. The summed E-state index contributed by atoms with van der Waals surface area (Å²) in [5.74, 6) is 1.57. The van der Waals surface area contributed by atoms with Gasteiger partial charge in [-0.15, -0.1) is 0 Å². The third-order valence-electron chi connectivity index (χ3n) is 3.89. The molecule has 2 bridgehead atoms. The first-order valence-electron chi connectivity index (χ1n) is 6.11. The Hall–Kier alpha value is -1.37. The average Bonchev–Trinajstić information content (AvgIpc) is 2.54. The summed E-state index contributed by atoms with van der Waals surface area (Å²) in [6, 6.07) is 10.5. The highest BCUT2D eigenvalue weighted by atomic mass is 16.1. The summed E-state index contributed by atoms with van der Waals surface area (Å²) in [4.78, 5) is 11.5. The van der Waals surface area contributed by atoms with Crippen molar-refractivity contribution in [2.24, 2.45) is 11.8 Å². The van der Waals surface area contributed by atoms with Crippen molar-refractivity contribution in [1.29, 1.82) is 0 Å². The van der Waals surface area contributed by atoms with Crippen molar-refractivity contribution in [2.45, 2.75) is 25.7 Å². The van der Waals surface area contributed by atoms with Crippen LogP contribution in [0, 0.1) is 11.8 Å². The minimum Gasteiger partial charge on any atom is -0.300 e.